The van der Waals surface area contributed by atoms with Crippen molar-refractivity contribution in [3.8, 4) is 16.9 Å². The fourth-order valence-electron chi connectivity index (χ4n) is 3.11. The molecule has 148 valence electrons. The molecule has 2 aromatic carbocycles. The summed E-state index contributed by atoms with van der Waals surface area (Å²) in [6.07, 6.45) is 6.21. The van der Waals surface area contributed by atoms with E-state index in [0.29, 0.717) is 12.4 Å². The molecule has 0 aliphatic rings. The summed E-state index contributed by atoms with van der Waals surface area (Å²) in [7, 11) is 1.65. The molecule has 0 saturated heterocycles. The maximum absolute atomic E-state index is 12.2. The zero-order valence-corrected chi connectivity index (χ0v) is 16.1. The number of carbonyl (C=O) groups excluding carboxylic acids is 1. The van der Waals surface area contributed by atoms with Crippen LogP contribution in [0.5, 0.6) is 5.75 Å². The van der Waals surface area contributed by atoms with Gasteiger partial charge in [-0.15, -0.1) is 0 Å². The molecule has 0 radical (unpaired) electrons. The highest BCUT2D eigenvalue weighted by atomic mass is 16.5. The predicted molar refractivity (Wildman–Crippen MR) is 112 cm³/mol. The van der Waals surface area contributed by atoms with Crippen molar-refractivity contribution in [1.82, 2.24) is 25.1 Å². The van der Waals surface area contributed by atoms with Crippen LogP contribution in [0.25, 0.3) is 22.0 Å². The van der Waals surface area contributed by atoms with Crippen molar-refractivity contribution < 1.29 is 9.53 Å². The van der Waals surface area contributed by atoms with Crippen LogP contribution in [-0.4, -0.2) is 39.4 Å². The SMILES string of the molecule is COc1ccc(-c2ccc3c(NC(=O)NCCCn4ccnc4)n[nH]c3c2)cc1. The lowest BCUT2D eigenvalue weighted by Crippen LogP contribution is -2.30. The Balaban J connectivity index is 1.37. The molecule has 0 aliphatic heterocycles. The standard InChI is InChI=1S/C21H22N6O2/c1-29-17-6-3-15(4-7-17)16-5-8-18-19(13-16)25-26-20(18)24-21(28)23-9-2-11-27-12-10-22-14-27/h3-8,10,12-14H,2,9,11H2,1H3,(H3,23,24,25,26,28). The van der Waals surface area contributed by atoms with Crippen molar-refractivity contribution in [2.75, 3.05) is 19.0 Å². The van der Waals surface area contributed by atoms with Crippen LogP contribution in [0.3, 0.4) is 0 Å². The molecular formula is C21H22N6O2. The second-order valence-electron chi connectivity index (χ2n) is 6.60. The number of carbonyl (C=O) groups is 1. The van der Waals surface area contributed by atoms with Crippen LogP contribution >= 0.6 is 0 Å². The van der Waals surface area contributed by atoms with Gasteiger partial charge in [-0.25, -0.2) is 9.78 Å². The van der Waals surface area contributed by atoms with Gasteiger partial charge < -0.3 is 14.6 Å². The molecule has 2 aromatic heterocycles. The van der Waals surface area contributed by atoms with Crippen LogP contribution in [0, 0.1) is 0 Å². The lowest BCUT2D eigenvalue weighted by atomic mass is 10.0. The average molecular weight is 390 g/mol. The number of hydrogen-bond acceptors (Lipinski definition) is 4. The number of urea groups is 1. The van der Waals surface area contributed by atoms with Crippen LogP contribution in [0.15, 0.2) is 61.2 Å². The highest BCUT2D eigenvalue weighted by Crippen LogP contribution is 2.28. The van der Waals surface area contributed by atoms with E-state index >= 15 is 0 Å². The van der Waals surface area contributed by atoms with Gasteiger partial charge in [-0.2, -0.15) is 5.10 Å². The normalized spacial score (nSPS) is 10.8. The number of imidazole rings is 1. The third-order valence-electron chi connectivity index (χ3n) is 4.66. The van der Waals surface area contributed by atoms with Crippen molar-refractivity contribution in [3.63, 3.8) is 0 Å². The Labute approximate surface area is 167 Å². The lowest BCUT2D eigenvalue weighted by Gasteiger charge is -2.07. The fraction of sp³-hybridized carbons (Fsp3) is 0.190. The average Bonchev–Trinajstić information content (AvgIpc) is 3.41. The smallest absolute Gasteiger partial charge is 0.320 e. The van der Waals surface area contributed by atoms with Gasteiger partial charge in [0.05, 0.1) is 19.0 Å². The monoisotopic (exact) mass is 390 g/mol. The van der Waals surface area contributed by atoms with E-state index in [2.05, 4.69) is 25.8 Å². The molecule has 3 N–H and O–H groups in total. The van der Waals surface area contributed by atoms with E-state index in [9.17, 15) is 4.79 Å². The van der Waals surface area contributed by atoms with E-state index in [1.165, 1.54) is 0 Å². The number of nitrogens with one attached hydrogen (secondary N) is 3. The van der Waals surface area contributed by atoms with Gasteiger partial charge in [0.25, 0.3) is 0 Å². The number of anilines is 1. The number of nitrogens with zero attached hydrogens (tertiary/aromatic N) is 3. The van der Waals surface area contributed by atoms with Gasteiger partial charge in [-0.1, -0.05) is 18.2 Å². The van der Waals surface area contributed by atoms with E-state index in [1.807, 2.05) is 53.2 Å². The number of rotatable bonds is 7. The first kappa shape index (κ1) is 18.5. The number of ether oxygens (including phenoxy) is 1. The molecule has 2 heterocycles. The Morgan fingerprint density at radius 1 is 1.17 bits per heavy atom. The predicted octanol–water partition coefficient (Wildman–Crippen LogP) is 3.65. The number of aromatic amines is 1. The van der Waals surface area contributed by atoms with Crippen molar-refractivity contribution in [2.24, 2.45) is 0 Å². The van der Waals surface area contributed by atoms with Crippen LogP contribution in [-0.2, 0) is 6.54 Å². The van der Waals surface area contributed by atoms with Crippen molar-refractivity contribution >= 4 is 22.8 Å². The molecule has 0 bridgehead atoms. The summed E-state index contributed by atoms with van der Waals surface area (Å²) in [5.74, 6) is 1.33. The van der Waals surface area contributed by atoms with E-state index in [-0.39, 0.29) is 6.03 Å². The van der Waals surface area contributed by atoms with E-state index in [0.717, 1.165) is 40.7 Å². The Kier molecular flexibility index (Phi) is 5.42. The number of aryl methyl sites for hydroxylation is 1. The fourth-order valence-corrected chi connectivity index (χ4v) is 3.11. The number of H-pyrrole nitrogens is 1. The number of amides is 2. The van der Waals surface area contributed by atoms with Crippen LogP contribution < -0.4 is 15.4 Å². The molecule has 0 fully saturated rings. The molecule has 2 amide bonds. The zero-order chi connectivity index (χ0) is 20.1. The summed E-state index contributed by atoms with van der Waals surface area (Å²) in [5, 5.41) is 13.7. The Bertz CT molecular complexity index is 1090. The molecule has 4 rings (SSSR count). The number of fused-ring (bicyclic) bond motifs is 1. The van der Waals surface area contributed by atoms with Gasteiger partial charge in [-0.05, 0) is 41.8 Å². The summed E-state index contributed by atoms with van der Waals surface area (Å²) < 4.78 is 7.18. The van der Waals surface area contributed by atoms with Crippen molar-refractivity contribution in [3.05, 3.63) is 61.2 Å². The minimum Gasteiger partial charge on any atom is -0.497 e. The second-order valence-corrected chi connectivity index (χ2v) is 6.60. The Morgan fingerprint density at radius 2 is 2.00 bits per heavy atom. The van der Waals surface area contributed by atoms with E-state index < -0.39 is 0 Å². The lowest BCUT2D eigenvalue weighted by molar-refractivity contribution is 0.251. The Hall–Kier alpha value is -3.81. The van der Waals surface area contributed by atoms with Crippen LogP contribution in [0.2, 0.25) is 0 Å². The maximum atomic E-state index is 12.2. The third-order valence-corrected chi connectivity index (χ3v) is 4.66. The number of methoxy groups -OCH3 is 1. The van der Waals surface area contributed by atoms with E-state index in [1.54, 1.807) is 19.6 Å². The molecule has 29 heavy (non-hydrogen) atoms. The maximum Gasteiger partial charge on any atom is 0.320 e. The Morgan fingerprint density at radius 3 is 2.76 bits per heavy atom. The summed E-state index contributed by atoms with van der Waals surface area (Å²) in [6, 6.07) is 13.6. The van der Waals surface area contributed by atoms with Crippen molar-refractivity contribution in [1.29, 1.82) is 0 Å². The first-order valence-electron chi connectivity index (χ1n) is 9.36. The summed E-state index contributed by atoms with van der Waals surface area (Å²) >= 11 is 0. The molecule has 0 aliphatic carbocycles. The number of aromatic nitrogens is 4. The van der Waals surface area contributed by atoms with Gasteiger partial charge in [0.2, 0.25) is 0 Å². The zero-order valence-electron chi connectivity index (χ0n) is 16.1. The van der Waals surface area contributed by atoms with Gasteiger partial charge in [0.15, 0.2) is 5.82 Å². The van der Waals surface area contributed by atoms with Crippen LogP contribution in [0.4, 0.5) is 10.6 Å². The first-order valence-corrected chi connectivity index (χ1v) is 9.36. The van der Waals surface area contributed by atoms with E-state index in [4.69, 9.17) is 4.74 Å². The first-order chi connectivity index (χ1) is 14.2. The summed E-state index contributed by atoms with van der Waals surface area (Å²) in [4.78, 5) is 16.2. The topological polar surface area (TPSA) is 96.9 Å². The quantitative estimate of drug-likeness (QED) is 0.420. The minimum absolute atomic E-state index is 0.275. The molecule has 8 heteroatoms. The number of benzene rings is 2. The highest BCUT2D eigenvalue weighted by molar-refractivity contribution is 6.00. The molecule has 0 unspecified atom stereocenters. The van der Waals surface area contributed by atoms with Crippen molar-refractivity contribution in [2.45, 2.75) is 13.0 Å². The highest BCUT2D eigenvalue weighted by Gasteiger charge is 2.10. The second kappa shape index (κ2) is 8.47. The number of hydrogen-bond donors (Lipinski definition) is 3. The third kappa shape index (κ3) is 4.37. The van der Waals surface area contributed by atoms with Gasteiger partial charge >= 0.3 is 6.03 Å². The molecule has 4 aromatic rings. The van der Waals surface area contributed by atoms with Gasteiger partial charge in [0, 0.05) is 30.9 Å². The summed E-state index contributed by atoms with van der Waals surface area (Å²) in [5.41, 5.74) is 2.99. The molecular weight excluding hydrogens is 368 g/mol. The van der Waals surface area contributed by atoms with Gasteiger partial charge in [-0.3, -0.25) is 10.4 Å². The minimum atomic E-state index is -0.275. The molecule has 8 nitrogen and oxygen atoms in total. The summed E-state index contributed by atoms with van der Waals surface area (Å²) in [6.45, 7) is 1.37. The molecule has 0 spiro atoms. The van der Waals surface area contributed by atoms with Crippen LogP contribution in [0.1, 0.15) is 6.42 Å². The molecule has 0 atom stereocenters. The van der Waals surface area contributed by atoms with Gasteiger partial charge in [0.1, 0.15) is 5.75 Å². The molecule has 0 saturated carbocycles. The largest absolute Gasteiger partial charge is 0.497 e.